The lowest BCUT2D eigenvalue weighted by Crippen LogP contribution is -2.51. The van der Waals surface area contributed by atoms with Crippen LogP contribution in [0.1, 0.15) is 26.7 Å². The number of carbonyl (C=O) groups excluding carboxylic acids is 2. The van der Waals surface area contributed by atoms with Gasteiger partial charge in [0.05, 0.1) is 15.8 Å². The minimum atomic E-state index is -3.67. The van der Waals surface area contributed by atoms with Gasteiger partial charge in [0, 0.05) is 50.1 Å². The van der Waals surface area contributed by atoms with E-state index < -0.39 is 10.0 Å². The molecule has 10 heteroatoms. The highest BCUT2D eigenvalue weighted by Gasteiger charge is 2.35. The number of sulfonamides is 1. The fourth-order valence-electron chi connectivity index (χ4n) is 4.38. The van der Waals surface area contributed by atoms with Gasteiger partial charge in [-0.2, -0.15) is 4.31 Å². The summed E-state index contributed by atoms with van der Waals surface area (Å²) in [6.07, 6.45) is 1.09. The number of nitrogens with one attached hydrogen (secondary N) is 1. The molecule has 8 nitrogen and oxygen atoms in total. The number of fused-ring (bicyclic) bond motifs is 1. The van der Waals surface area contributed by atoms with Crippen LogP contribution in [0, 0.1) is 5.92 Å². The molecule has 0 saturated carbocycles. The van der Waals surface area contributed by atoms with E-state index in [0.717, 1.165) is 37.6 Å². The third-order valence-corrected chi connectivity index (χ3v) is 9.53. The van der Waals surface area contributed by atoms with Gasteiger partial charge in [0.25, 0.3) is 0 Å². The maximum atomic E-state index is 13.2. The van der Waals surface area contributed by atoms with Crippen LogP contribution in [-0.2, 0) is 19.6 Å². The van der Waals surface area contributed by atoms with E-state index in [0.29, 0.717) is 31.6 Å². The van der Waals surface area contributed by atoms with Crippen LogP contribution < -0.4 is 5.32 Å². The summed E-state index contributed by atoms with van der Waals surface area (Å²) in [6, 6.07) is 4.91. The molecule has 1 aromatic carbocycles. The molecule has 0 radical (unpaired) electrons. The number of amides is 2. The van der Waals surface area contributed by atoms with Crippen molar-refractivity contribution in [3.05, 3.63) is 18.2 Å². The number of anilines is 1. The molecule has 1 N–H and O–H groups in total. The molecule has 3 aliphatic heterocycles. The topological polar surface area (TPSA) is 90.0 Å². The average molecular weight is 467 g/mol. The van der Waals surface area contributed by atoms with Crippen molar-refractivity contribution in [1.82, 2.24) is 14.1 Å². The Morgan fingerprint density at radius 3 is 2.45 bits per heavy atom. The molecule has 1 aromatic rings. The first kappa shape index (κ1) is 22.6. The fourth-order valence-corrected chi connectivity index (χ4v) is 6.81. The minimum absolute atomic E-state index is 0.111. The lowest BCUT2D eigenvalue weighted by molar-refractivity contribution is -0.138. The number of hydrogen-bond acceptors (Lipinski definition) is 6. The van der Waals surface area contributed by atoms with E-state index in [-0.39, 0.29) is 27.9 Å². The van der Waals surface area contributed by atoms with Crippen molar-refractivity contribution in [2.75, 3.05) is 51.1 Å². The number of rotatable bonds is 4. The van der Waals surface area contributed by atoms with Crippen molar-refractivity contribution in [2.45, 2.75) is 41.7 Å². The van der Waals surface area contributed by atoms with E-state index in [1.165, 1.54) is 16.1 Å². The Kier molecular flexibility index (Phi) is 6.62. The Morgan fingerprint density at radius 1 is 1.13 bits per heavy atom. The lowest BCUT2D eigenvalue weighted by atomic mass is 9.96. The van der Waals surface area contributed by atoms with E-state index in [9.17, 15) is 18.0 Å². The molecule has 4 rings (SSSR count). The Bertz CT molecular complexity index is 952. The molecule has 170 valence electrons. The predicted molar refractivity (Wildman–Crippen MR) is 121 cm³/mol. The third kappa shape index (κ3) is 4.62. The maximum Gasteiger partial charge on any atom is 0.243 e. The SMILES string of the molecule is CCN1CCN(C(=O)C2CCN(S(=O)(=O)c3ccc4c(c3)NC(=O)[C@@H](C)S4)CC2)CC1. The second-order valence-corrected chi connectivity index (χ2v) is 11.7. The zero-order valence-corrected chi connectivity index (χ0v) is 19.7. The Morgan fingerprint density at radius 2 is 1.81 bits per heavy atom. The van der Waals surface area contributed by atoms with Crippen molar-refractivity contribution in [3.63, 3.8) is 0 Å². The summed E-state index contributed by atoms with van der Waals surface area (Å²) >= 11 is 1.43. The maximum absolute atomic E-state index is 13.2. The number of thioether (sulfide) groups is 1. The van der Waals surface area contributed by atoms with Crippen LogP contribution in [0.25, 0.3) is 0 Å². The molecule has 0 bridgehead atoms. The van der Waals surface area contributed by atoms with Gasteiger partial charge in [-0.25, -0.2) is 8.42 Å². The molecule has 0 spiro atoms. The summed E-state index contributed by atoms with van der Waals surface area (Å²) in [5.74, 6) is -0.0677. The molecular formula is C21H30N4O4S2. The Balaban J connectivity index is 1.39. The van der Waals surface area contributed by atoms with Gasteiger partial charge in [-0.3, -0.25) is 9.59 Å². The van der Waals surface area contributed by atoms with Crippen LogP contribution in [0.15, 0.2) is 28.0 Å². The normalized spacial score (nSPS) is 24.0. The van der Waals surface area contributed by atoms with Gasteiger partial charge < -0.3 is 15.1 Å². The van der Waals surface area contributed by atoms with E-state index in [1.807, 2.05) is 11.8 Å². The largest absolute Gasteiger partial charge is 0.340 e. The van der Waals surface area contributed by atoms with Crippen LogP contribution in [0.2, 0.25) is 0 Å². The number of likely N-dealkylation sites (N-methyl/N-ethyl adjacent to an activating group) is 1. The van der Waals surface area contributed by atoms with Gasteiger partial charge >= 0.3 is 0 Å². The van der Waals surface area contributed by atoms with Crippen molar-refractivity contribution in [1.29, 1.82) is 0 Å². The van der Waals surface area contributed by atoms with E-state index in [2.05, 4.69) is 17.1 Å². The summed E-state index contributed by atoms with van der Waals surface area (Å²) in [5.41, 5.74) is 0.547. The standard InChI is InChI=1S/C21H30N4O4S2/c1-3-23-10-12-24(13-11-23)21(27)16-6-8-25(9-7-16)31(28,29)17-4-5-19-18(14-17)22-20(26)15(2)30-19/h4-5,14-16H,3,6-13H2,1-2H3,(H,22,26)/t15-/m1/s1. The first-order valence-corrected chi connectivity index (χ1v) is 13.2. The molecule has 31 heavy (non-hydrogen) atoms. The number of piperazine rings is 1. The van der Waals surface area contributed by atoms with E-state index in [1.54, 1.807) is 18.2 Å². The van der Waals surface area contributed by atoms with Crippen molar-refractivity contribution in [3.8, 4) is 0 Å². The van der Waals surface area contributed by atoms with E-state index in [4.69, 9.17) is 0 Å². The molecule has 2 saturated heterocycles. The fraction of sp³-hybridized carbons (Fsp3) is 0.619. The summed E-state index contributed by atoms with van der Waals surface area (Å²) in [4.78, 5) is 30.2. The smallest absolute Gasteiger partial charge is 0.243 e. The third-order valence-electron chi connectivity index (χ3n) is 6.45. The van der Waals surface area contributed by atoms with Gasteiger partial charge in [0.1, 0.15) is 0 Å². The minimum Gasteiger partial charge on any atom is -0.340 e. The number of carbonyl (C=O) groups is 2. The predicted octanol–water partition coefficient (Wildman–Crippen LogP) is 1.68. The number of piperidine rings is 1. The van der Waals surface area contributed by atoms with Crippen LogP contribution in [0.5, 0.6) is 0 Å². The first-order chi connectivity index (χ1) is 14.8. The summed E-state index contributed by atoms with van der Waals surface area (Å²) < 4.78 is 27.8. The van der Waals surface area contributed by atoms with Crippen molar-refractivity contribution < 1.29 is 18.0 Å². The number of nitrogens with zero attached hydrogens (tertiary/aromatic N) is 3. The molecule has 0 unspecified atom stereocenters. The van der Waals surface area contributed by atoms with Gasteiger partial charge in [-0.05, 0) is 44.5 Å². The summed E-state index contributed by atoms with van der Waals surface area (Å²) in [6.45, 7) is 8.94. The molecule has 3 heterocycles. The molecule has 3 aliphatic rings. The Labute approximate surface area is 188 Å². The first-order valence-electron chi connectivity index (χ1n) is 10.9. The second-order valence-electron chi connectivity index (χ2n) is 8.35. The number of hydrogen-bond donors (Lipinski definition) is 1. The van der Waals surface area contributed by atoms with Crippen LogP contribution in [0.3, 0.4) is 0 Å². The summed E-state index contributed by atoms with van der Waals surface area (Å²) in [5, 5.41) is 2.60. The van der Waals surface area contributed by atoms with Crippen molar-refractivity contribution in [2.24, 2.45) is 5.92 Å². The molecular weight excluding hydrogens is 436 g/mol. The van der Waals surface area contributed by atoms with Gasteiger partial charge in [0.15, 0.2) is 0 Å². The molecule has 2 fully saturated rings. The highest BCUT2D eigenvalue weighted by Crippen LogP contribution is 2.37. The quantitative estimate of drug-likeness (QED) is 0.726. The van der Waals surface area contributed by atoms with Gasteiger partial charge in [-0.15, -0.1) is 11.8 Å². The molecule has 0 aromatic heterocycles. The monoisotopic (exact) mass is 466 g/mol. The zero-order valence-electron chi connectivity index (χ0n) is 18.0. The average Bonchev–Trinajstić information content (AvgIpc) is 2.79. The summed E-state index contributed by atoms with van der Waals surface area (Å²) in [7, 11) is -3.67. The van der Waals surface area contributed by atoms with Gasteiger partial charge in [-0.1, -0.05) is 6.92 Å². The van der Waals surface area contributed by atoms with Crippen LogP contribution in [0.4, 0.5) is 5.69 Å². The van der Waals surface area contributed by atoms with Gasteiger partial charge in [0.2, 0.25) is 21.8 Å². The number of benzene rings is 1. The zero-order chi connectivity index (χ0) is 22.2. The van der Waals surface area contributed by atoms with Crippen LogP contribution in [-0.4, -0.2) is 85.4 Å². The molecule has 0 aliphatic carbocycles. The second kappa shape index (κ2) is 9.09. The highest BCUT2D eigenvalue weighted by molar-refractivity contribution is 8.01. The van der Waals surface area contributed by atoms with Crippen LogP contribution >= 0.6 is 11.8 Å². The lowest BCUT2D eigenvalue weighted by Gasteiger charge is -2.38. The Hall–Kier alpha value is -1.62. The van der Waals surface area contributed by atoms with Crippen molar-refractivity contribution >= 4 is 39.3 Å². The highest BCUT2D eigenvalue weighted by atomic mass is 32.2. The molecule has 1 atom stereocenters. The van der Waals surface area contributed by atoms with E-state index >= 15 is 0 Å². The molecule has 2 amide bonds.